The fraction of sp³-hybridized carbons (Fsp3) is 0.900. The van der Waals surface area contributed by atoms with E-state index in [-0.39, 0.29) is 12.0 Å². The summed E-state index contributed by atoms with van der Waals surface area (Å²) >= 11 is 0. The van der Waals surface area contributed by atoms with E-state index in [2.05, 4.69) is 5.32 Å². The van der Waals surface area contributed by atoms with Crippen LogP contribution in [0.25, 0.3) is 0 Å². The SMILES string of the molecule is CC1OCCC1NCC(C)(C)C(N)=O. The van der Waals surface area contributed by atoms with Crippen molar-refractivity contribution in [3.05, 3.63) is 0 Å². The number of rotatable bonds is 4. The Morgan fingerprint density at radius 3 is 2.71 bits per heavy atom. The van der Waals surface area contributed by atoms with E-state index in [0.29, 0.717) is 12.6 Å². The number of carbonyl (C=O) groups excluding carboxylic acids is 1. The van der Waals surface area contributed by atoms with Crippen molar-refractivity contribution in [2.24, 2.45) is 11.1 Å². The number of nitrogens with two attached hydrogens (primary N) is 1. The molecule has 0 aromatic heterocycles. The fourth-order valence-corrected chi connectivity index (χ4v) is 1.47. The quantitative estimate of drug-likeness (QED) is 0.684. The molecule has 1 aliphatic heterocycles. The number of carbonyl (C=O) groups is 1. The third-order valence-electron chi connectivity index (χ3n) is 2.85. The Hall–Kier alpha value is -0.610. The van der Waals surface area contributed by atoms with Crippen LogP contribution < -0.4 is 11.1 Å². The van der Waals surface area contributed by atoms with E-state index >= 15 is 0 Å². The zero-order valence-corrected chi connectivity index (χ0v) is 9.17. The summed E-state index contributed by atoms with van der Waals surface area (Å²) in [7, 11) is 0. The number of hydrogen-bond donors (Lipinski definition) is 2. The van der Waals surface area contributed by atoms with Gasteiger partial charge >= 0.3 is 0 Å². The van der Waals surface area contributed by atoms with E-state index in [0.717, 1.165) is 13.0 Å². The Balaban J connectivity index is 2.36. The maximum atomic E-state index is 11.1. The van der Waals surface area contributed by atoms with Gasteiger partial charge in [-0.15, -0.1) is 0 Å². The van der Waals surface area contributed by atoms with Crippen molar-refractivity contribution >= 4 is 5.91 Å². The number of amides is 1. The van der Waals surface area contributed by atoms with Gasteiger partial charge in [0.25, 0.3) is 0 Å². The first-order valence-electron chi connectivity index (χ1n) is 5.08. The summed E-state index contributed by atoms with van der Waals surface area (Å²) in [6.07, 6.45) is 1.24. The predicted octanol–water partition coefficient (Wildman–Crippen LogP) is 0.265. The van der Waals surface area contributed by atoms with Crippen LogP contribution >= 0.6 is 0 Å². The number of hydrogen-bond acceptors (Lipinski definition) is 3. The van der Waals surface area contributed by atoms with Gasteiger partial charge in [0.2, 0.25) is 5.91 Å². The third kappa shape index (κ3) is 2.69. The van der Waals surface area contributed by atoms with Crippen molar-refractivity contribution in [1.29, 1.82) is 0 Å². The molecule has 1 aliphatic rings. The van der Waals surface area contributed by atoms with Crippen LogP contribution in [-0.2, 0) is 9.53 Å². The van der Waals surface area contributed by atoms with Gasteiger partial charge in [-0.3, -0.25) is 4.79 Å². The van der Waals surface area contributed by atoms with Crippen LogP contribution in [0.15, 0.2) is 0 Å². The second kappa shape index (κ2) is 4.28. The summed E-state index contributed by atoms with van der Waals surface area (Å²) in [6.45, 7) is 7.16. The highest BCUT2D eigenvalue weighted by molar-refractivity contribution is 5.80. The van der Waals surface area contributed by atoms with E-state index in [9.17, 15) is 4.79 Å². The highest BCUT2D eigenvalue weighted by Gasteiger charge is 2.29. The molecule has 1 fully saturated rings. The van der Waals surface area contributed by atoms with Crippen molar-refractivity contribution < 1.29 is 9.53 Å². The first kappa shape index (κ1) is 11.5. The van der Waals surface area contributed by atoms with Crippen LogP contribution in [0.2, 0.25) is 0 Å². The normalized spacial score (nSPS) is 27.9. The Labute approximate surface area is 85.2 Å². The van der Waals surface area contributed by atoms with Crippen molar-refractivity contribution in [2.75, 3.05) is 13.2 Å². The lowest BCUT2D eigenvalue weighted by Gasteiger charge is -2.24. The maximum absolute atomic E-state index is 11.1. The molecule has 82 valence electrons. The molecule has 4 nitrogen and oxygen atoms in total. The lowest BCUT2D eigenvalue weighted by molar-refractivity contribution is -0.125. The van der Waals surface area contributed by atoms with E-state index in [4.69, 9.17) is 10.5 Å². The molecule has 1 amide bonds. The Kier molecular flexibility index (Phi) is 3.50. The predicted molar refractivity (Wildman–Crippen MR) is 54.8 cm³/mol. The Morgan fingerprint density at radius 1 is 1.64 bits per heavy atom. The van der Waals surface area contributed by atoms with Crippen LogP contribution in [0.3, 0.4) is 0 Å². The zero-order chi connectivity index (χ0) is 10.8. The van der Waals surface area contributed by atoms with Gasteiger partial charge in [-0.05, 0) is 27.2 Å². The standard InChI is InChI=1S/C10H20N2O2/c1-7-8(4-5-14-7)12-6-10(2,3)9(11)13/h7-8,12H,4-6H2,1-3H3,(H2,11,13). The van der Waals surface area contributed by atoms with E-state index < -0.39 is 5.41 Å². The van der Waals surface area contributed by atoms with Gasteiger partial charge < -0.3 is 15.8 Å². The molecule has 0 aromatic rings. The van der Waals surface area contributed by atoms with Crippen molar-refractivity contribution in [3.63, 3.8) is 0 Å². The summed E-state index contributed by atoms with van der Waals surface area (Å²) in [5, 5.41) is 3.33. The van der Waals surface area contributed by atoms with Crippen LogP contribution in [0.4, 0.5) is 0 Å². The molecule has 3 N–H and O–H groups in total. The average molecular weight is 200 g/mol. The topological polar surface area (TPSA) is 64.3 Å². The van der Waals surface area contributed by atoms with Gasteiger partial charge in [0.15, 0.2) is 0 Å². The highest BCUT2D eigenvalue weighted by atomic mass is 16.5. The van der Waals surface area contributed by atoms with E-state index in [1.165, 1.54) is 0 Å². The summed E-state index contributed by atoms with van der Waals surface area (Å²) in [6, 6.07) is 0.355. The molecule has 14 heavy (non-hydrogen) atoms. The molecule has 0 saturated carbocycles. The summed E-state index contributed by atoms with van der Waals surface area (Å²) in [5.41, 5.74) is 4.80. The molecule has 0 aliphatic carbocycles. The lowest BCUT2D eigenvalue weighted by Crippen LogP contribution is -2.45. The Morgan fingerprint density at radius 2 is 2.29 bits per heavy atom. The monoisotopic (exact) mass is 200 g/mol. The summed E-state index contributed by atoms with van der Waals surface area (Å²) < 4.78 is 5.41. The molecule has 2 unspecified atom stereocenters. The molecular formula is C10H20N2O2. The zero-order valence-electron chi connectivity index (χ0n) is 9.17. The first-order chi connectivity index (χ1) is 6.43. The van der Waals surface area contributed by atoms with Crippen molar-refractivity contribution in [2.45, 2.75) is 39.3 Å². The largest absolute Gasteiger partial charge is 0.377 e. The summed E-state index contributed by atoms with van der Waals surface area (Å²) in [4.78, 5) is 11.1. The number of primary amides is 1. The fourth-order valence-electron chi connectivity index (χ4n) is 1.47. The van der Waals surface area contributed by atoms with Crippen LogP contribution in [0.1, 0.15) is 27.2 Å². The van der Waals surface area contributed by atoms with Crippen LogP contribution in [-0.4, -0.2) is 31.2 Å². The third-order valence-corrected chi connectivity index (χ3v) is 2.85. The molecule has 0 radical (unpaired) electrons. The van der Waals surface area contributed by atoms with Crippen LogP contribution in [0, 0.1) is 5.41 Å². The minimum atomic E-state index is -0.484. The number of ether oxygens (including phenoxy) is 1. The van der Waals surface area contributed by atoms with Gasteiger partial charge in [0, 0.05) is 19.2 Å². The van der Waals surface area contributed by atoms with Gasteiger partial charge in [-0.2, -0.15) is 0 Å². The van der Waals surface area contributed by atoms with Gasteiger partial charge in [0.05, 0.1) is 11.5 Å². The molecule has 4 heteroatoms. The molecule has 1 saturated heterocycles. The second-order valence-electron chi connectivity index (χ2n) is 4.60. The van der Waals surface area contributed by atoms with E-state index in [1.807, 2.05) is 20.8 Å². The maximum Gasteiger partial charge on any atom is 0.224 e. The number of nitrogens with one attached hydrogen (secondary N) is 1. The van der Waals surface area contributed by atoms with Crippen LogP contribution in [0.5, 0.6) is 0 Å². The smallest absolute Gasteiger partial charge is 0.224 e. The minimum absolute atomic E-state index is 0.235. The average Bonchev–Trinajstić information content (AvgIpc) is 2.47. The molecular weight excluding hydrogens is 180 g/mol. The van der Waals surface area contributed by atoms with Crippen molar-refractivity contribution in [3.8, 4) is 0 Å². The molecule has 0 bridgehead atoms. The summed E-state index contributed by atoms with van der Waals surface area (Å²) in [5.74, 6) is -0.267. The minimum Gasteiger partial charge on any atom is -0.377 e. The van der Waals surface area contributed by atoms with Gasteiger partial charge in [-0.25, -0.2) is 0 Å². The molecule has 1 rings (SSSR count). The van der Waals surface area contributed by atoms with Crippen molar-refractivity contribution in [1.82, 2.24) is 5.32 Å². The first-order valence-corrected chi connectivity index (χ1v) is 5.08. The molecule has 0 aromatic carbocycles. The molecule has 0 spiro atoms. The highest BCUT2D eigenvalue weighted by Crippen LogP contribution is 2.16. The van der Waals surface area contributed by atoms with E-state index in [1.54, 1.807) is 0 Å². The molecule has 2 atom stereocenters. The van der Waals surface area contributed by atoms with Gasteiger partial charge in [-0.1, -0.05) is 0 Å². The molecule has 1 heterocycles. The second-order valence-corrected chi connectivity index (χ2v) is 4.60. The lowest BCUT2D eigenvalue weighted by atomic mass is 9.92. The van der Waals surface area contributed by atoms with Gasteiger partial charge in [0.1, 0.15) is 0 Å². The Bertz CT molecular complexity index is 216.